The molecule has 0 heterocycles. The Kier molecular flexibility index (Phi) is 7.73. The molecular formula is C23H29FN2O2. The lowest BCUT2D eigenvalue weighted by Gasteiger charge is -2.31. The minimum absolute atomic E-state index is 0.0132. The number of amides is 2. The van der Waals surface area contributed by atoms with Crippen molar-refractivity contribution in [1.29, 1.82) is 0 Å². The summed E-state index contributed by atoms with van der Waals surface area (Å²) in [6.45, 7) is 7.90. The molecule has 5 heteroatoms. The van der Waals surface area contributed by atoms with Gasteiger partial charge in [0.2, 0.25) is 11.8 Å². The Hall–Kier alpha value is -2.69. The van der Waals surface area contributed by atoms with Crippen molar-refractivity contribution in [3.8, 4) is 0 Å². The molecule has 2 rings (SSSR count). The number of rotatable bonds is 8. The zero-order chi connectivity index (χ0) is 20.7. The van der Waals surface area contributed by atoms with Crippen LogP contribution in [0.4, 0.5) is 4.39 Å². The number of halogens is 1. The highest BCUT2D eigenvalue weighted by molar-refractivity contribution is 5.88. The molecule has 0 unspecified atom stereocenters. The number of benzene rings is 2. The monoisotopic (exact) mass is 384 g/mol. The molecule has 0 saturated heterocycles. The molecule has 2 aromatic carbocycles. The molecule has 4 nitrogen and oxygen atoms in total. The van der Waals surface area contributed by atoms with E-state index in [0.29, 0.717) is 6.42 Å². The van der Waals surface area contributed by atoms with Crippen LogP contribution >= 0.6 is 0 Å². The number of hydrogen-bond donors (Lipinski definition) is 1. The lowest BCUT2D eigenvalue weighted by molar-refractivity contribution is -0.141. The van der Waals surface area contributed by atoms with Crippen molar-refractivity contribution in [3.63, 3.8) is 0 Å². The van der Waals surface area contributed by atoms with Gasteiger partial charge in [-0.3, -0.25) is 9.59 Å². The molecule has 0 aliphatic heterocycles. The van der Waals surface area contributed by atoms with Gasteiger partial charge in [-0.1, -0.05) is 43.3 Å². The van der Waals surface area contributed by atoms with Gasteiger partial charge in [-0.25, -0.2) is 4.39 Å². The Bertz CT molecular complexity index is 803. The highest BCUT2D eigenvalue weighted by atomic mass is 19.1. The molecule has 0 fully saturated rings. The van der Waals surface area contributed by atoms with Crippen molar-refractivity contribution in [2.45, 2.75) is 59.2 Å². The molecule has 0 radical (unpaired) electrons. The first-order valence-corrected chi connectivity index (χ1v) is 9.70. The number of aryl methyl sites for hydroxylation is 1. The number of carbonyl (C=O) groups excluding carboxylic acids is 2. The molecule has 0 aliphatic carbocycles. The fourth-order valence-corrected chi connectivity index (χ4v) is 3.16. The fourth-order valence-electron chi connectivity index (χ4n) is 3.16. The van der Waals surface area contributed by atoms with Crippen LogP contribution in [0.1, 0.15) is 43.9 Å². The second-order valence-electron chi connectivity index (χ2n) is 7.34. The summed E-state index contributed by atoms with van der Waals surface area (Å²) in [4.78, 5) is 27.5. The van der Waals surface area contributed by atoms with Gasteiger partial charge in [0.05, 0.1) is 6.42 Å². The van der Waals surface area contributed by atoms with Gasteiger partial charge in [-0.15, -0.1) is 0 Å². The van der Waals surface area contributed by atoms with Gasteiger partial charge >= 0.3 is 0 Å². The van der Waals surface area contributed by atoms with Crippen molar-refractivity contribution >= 4 is 11.8 Å². The van der Waals surface area contributed by atoms with Crippen LogP contribution in [0.25, 0.3) is 0 Å². The maximum Gasteiger partial charge on any atom is 0.243 e. The van der Waals surface area contributed by atoms with Crippen LogP contribution in [0.3, 0.4) is 0 Å². The third-order valence-corrected chi connectivity index (χ3v) is 4.69. The van der Waals surface area contributed by atoms with Crippen molar-refractivity contribution in [2.75, 3.05) is 0 Å². The minimum Gasteiger partial charge on any atom is -0.352 e. The summed E-state index contributed by atoms with van der Waals surface area (Å²) in [6, 6.07) is 13.2. The number of hydrogen-bond acceptors (Lipinski definition) is 2. The molecule has 0 spiro atoms. The molecule has 150 valence electrons. The van der Waals surface area contributed by atoms with Gasteiger partial charge in [-0.05, 0) is 56.0 Å². The summed E-state index contributed by atoms with van der Waals surface area (Å²) in [5.74, 6) is -0.617. The highest BCUT2D eigenvalue weighted by Gasteiger charge is 2.29. The van der Waals surface area contributed by atoms with Gasteiger partial charge < -0.3 is 10.2 Å². The van der Waals surface area contributed by atoms with E-state index in [4.69, 9.17) is 0 Å². The Balaban J connectivity index is 2.30. The van der Waals surface area contributed by atoms with Crippen LogP contribution in [0.2, 0.25) is 0 Å². The van der Waals surface area contributed by atoms with E-state index in [0.717, 1.165) is 16.7 Å². The van der Waals surface area contributed by atoms with Crippen LogP contribution in [0, 0.1) is 12.7 Å². The van der Waals surface area contributed by atoms with Gasteiger partial charge in [0.15, 0.2) is 0 Å². The topological polar surface area (TPSA) is 49.4 Å². The smallest absolute Gasteiger partial charge is 0.243 e. The third-order valence-electron chi connectivity index (χ3n) is 4.69. The molecular weight excluding hydrogens is 355 g/mol. The van der Waals surface area contributed by atoms with Crippen LogP contribution in [-0.2, 0) is 22.6 Å². The summed E-state index contributed by atoms with van der Waals surface area (Å²) < 4.78 is 13.3. The van der Waals surface area contributed by atoms with Crippen LogP contribution in [0.5, 0.6) is 0 Å². The Labute approximate surface area is 166 Å². The van der Waals surface area contributed by atoms with Crippen LogP contribution in [0.15, 0.2) is 48.5 Å². The van der Waals surface area contributed by atoms with E-state index < -0.39 is 6.04 Å². The SMILES string of the molecule is CC[C@@H](C(=O)NC(C)C)N(Cc1ccc(F)cc1)C(=O)Cc1ccccc1C. The summed E-state index contributed by atoms with van der Waals surface area (Å²) in [5, 5.41) is 2.91. The summed E-state index contributed by atoms with van der Waals surface area (Å²) >= 11 is 0. The molecule has 1 atom stereocenters. The largest absolute Gasteiger partial charge is 0.352 e. The molecule has 0 aliphatic rings. The van der Waals surface area contributed by atoms with E-state index in [-0.39, 0.29) is 36.6 Å². The van der Waals surface area contributed by atoms with E-state index in [1.54, 1.807) is 17.0 Å². The minimum atomic E-state index is -0.580. The molecule has 0 bridgehead atoms. The van der Waals surface area contributed by atoms with Crippen LogP contribution in [-0.4, -0.2) is 28.8 Å². The van der Waals surface area contributed by atoms with E-state index in [1.165, 1.54) is 12.1 Å². The van der Waals surface area contributed by atoms with Gasteiger partial charge in [0.1, 0.15) is 11.9 Å². The molecule has 1 N–H and O–H groups in total. The average Bonchev–Trinajstić information content (AvgIpc) is 2.64. The van der Waals surface area contributed by atoms with Crippen LogP contribution < -0.4 is 5.32 Å². The first-order chi connectivity index (χ1) is 13.3. The fraction of sp³-hybridized carbons (Fsp3) is 0.391. The van der Waals surface area contributed by atoms with Gasteiger partial charge in [-0.2, -0.15) is 0 Å². The Morgan fingerprint density at radius 3 is 2.29 bits per heavy atom. The van der Waals surface area contributed by atoms with Gasteiger partial charge in [0, 0.05) is 12.6 Å². The van der Waals surface area contributed by atoms with E-state index in [1.807, 2.05) is 52.0 Å². The van der Waals surface area contributed by atoms with E-state index in [2.05, 4.69) is 5.32 Å². The molecule has 28 heavy (non-hydrogen) atoms. The zero-order valence-electron chi connectivity index (χ0n) is 17.0. The van der Waals surface area contributed by atoms with E-state index >= 15 is 0 Å². The standard InChI is InChI=1S/C23H29FN2O2/c1-5-21(23(28)25-16(2)3)26(15-18-10-12-20(24)13-11-18)22(27)14-19-9-7-6-8-17(19)4/h6-13,16,21H,5,14-15H2,1-4H3,(H,25,28)/t21-/m0/s1. The predicted octanol–water partition coefficient (Wildman–Crippen LogP) is 4.01. The number of carbonyl (C=O) groups is 2. The molecule has 0 saturated carbocycles. The summed E-state index contributed by atoms with van der Waals surface area (Å²) in [5.41, 5.74) is 2.77. The number of nitrogens with zero attached hydrogens (tertiary/aromatic N) is 1. The summed E-state index contributed by atoms with van der Waals surface area (Å²) in [7, 11) is 0. The Morgan fingerprint density at radius 1 is 1.07 bits per heavy atom. The lowest BCUT2D eigenvalue weighted by atomic mass is 10.0. The predicted molar refractivity (Wildman–Crippen MR) is 109 cm³/mol. The number of nitrogens with one attached hydrogen (secondary N) is 1. The zero-order valence-corrected chi connectivity index (χ0v) is 17.0. The first-order valence-electron chi connectivity index (χ1n) is 9.70. The van der Waals surface area contributed by atoms with Crippen molar-refractivity contribution in [2.24, 2.45) is 0 Å². The summed E-state index contributed by atoms with van der Waals surface area (Å²) in [6.07, 6.45) is 0.721. The first kappa shape index (κ1) is 21.6. The van der Waals surface area contributed by atoms with Crippen molar-refractivity contribution in [3.05, 3.63) is 71.0 Å². The van der Waals surface area contributed by atoms with Gasteiger partial charge in [0.25, 0.3) is 0 Å². The molecule has 0 aromatic heterocycles. The third kappa shape index (κ3) is 5.91. The molecule has 2 aromatic rings. The van der Waals surface area contributed by atoms with Crippen molar-refractivity contribution in [1.82, 2.24) is 10.2 Å². The second kappa shape index (κ2) is 10.0. The lowest BCUT2D eigenvalue weighted by Crippen LogP contribution is -2.50. The maximum absolute atomic E-state index is 13.3. The van der Waals surface area contributed by atoms with Crippen molar-refractivity contribution < 1.29 is 14.0 Å². The quantitative estimate of drug-likeness (QED) is 0.748. The van der Waals surface area contributed by atoms with E-state index in [9.17, 15) is 14.0 Å². The normalized spacial score (nSPS) is 11.9. The Morgan fingerprint density at radius 2 is 1.71 bits per heavy atom. The second-order valence-corrected chi connectivity index (χ2v) is 7.34. The maximum atomic E-state index is 13.3. The molecule has 2 amide bonds. The highest BCUT2D eigenvalue weighted by Crippen LogP contribution is 2.16. The average molecular weight is 384 g/mol.